The molecule has 0 aliphatic carbocycles. The number of amides is 1. The molecule has 6 rings (SSSR count). The van der Waals surface area contributed by atoms with Crippen molar-refractivity contribution in [3.63, 3.8) is 0 Å². The quantitative estimate of drug-likeness (QED) is 0.206. The highest BCUT2D eigenvalue weighted by Gasteiger charge is 2.14. The van der Waals surface area contributed by atoms with Gasteiger partial charge in [-0.3, -0.25) is 4.79 Å². The maximum atomic E-state index is 13.3. The summed E-state index contributed by atoms with van der Waals surface area (Å²) < 4.78 is 2.14. The fraction of sp³-hybridized carbons (Fsp3) is 0.0303. The standard InChI is InChI=1S/C33H23N5O/c34-19-23-14-16-24(17-15-23)21-38-22-26(27-10-5-7-13-32(27)38)20-35-37-33(39)29-18-31(25-8-2-1-3-9-25)36-30-12-6-4-11-28(29)30/h1-18,20,22H,21H2,(H,37,39)/b35-20-. The van der Waals surface area contributed by atoms with Crippen LogP contribution in [-0.4, -0.2) is 21.7 Å². The van der Waals surface area contributed by atoms with E-state index >= 15 is 0 Å². The molecule has 0 spiro atoms. The van der Waals surface area contributed by atoms with Gasteiger partial charge < -0.3 is 4.57 Å². The van der Waals surface area contributed by atoms with Crippen molar-refractivity contribution in [2.24, 2.45) is 5.10 Å². The number of nitrogens with zero attached hydrogens (tertiary/aromatic N) is 4. The maximum Gasteiger partial charge on any atom is 0.272 e. The molecule has 4 aromatic carbocycles. The van der Waals surface area contributed by atoms with Crippen LogP contribution < -0.4 is 5.43 Å². The summed E-state index contributed by atoms with van der Waals surface area (Å²) in [6, 6.07) is 37.0. The molecule has 0 radical (unpaired) electrons. The normalized spacial score (nSPS) is 11.2. The zero-order chi connectivity index (χ0) is 26.6. The van der Waals surface area contributed by atoms with Crippen molar-refractivity contribution >= 4 is 33.9 Å². The van der Waals surface area contributed by atoms with Crippen LogP contribution in [0.4, 0.5) is 0 Å². The van der Waals surface area contributed by atoms with Crippen molar-refractivity contribution in [1.29, 1.82) is 5.26 Å². The zero-order valence-corrected chi connectivity index (χ0v) is 21.0. The Bertz CT molecular complexity index is 1880. The van der Waals surface area contributed by atoms with Crippen LogP contribution in [0.15, 0.2) is 120 Å². The lowest BCUT2D eigenvalue weighted by molar-refractivity contribution is 0.0956. The van der Waals surface area contributed by atoms with Gasteiger partial charge >= 0.3 is 0 Å². The molecule has 6 nitrogen and oxygen atoms in total. The molecule has 6 heteroatoms. The van der Waals surface area contributed by atoms with E-state index in [1.54, 1.807) is 6.21 Å². The van der Waals surface area contributed by atoms with E-state index in [-0.39, 0.29) is 5.91 Å². The number of aromatic nitrogens is 2. The summed E-state index contributed by atoms with van der Waals surface area (Å²) in [4.78, 5) is 18.1. The van der Waals surface area contributed by atoms with Crippen molar-refractivity contribution in [1.82, 2.24) is 15.0 Å². The smallest absolute Gasteiger partial charge is 0.272 e. The van der Waals surface area contributed by atoms with Crippen LogP contribution in [0.25, 0.3) is 33.1 Å². The number of nitriles is 1. The van der Waals surface area contributed by atoms with Gasteiger partial charge in [-0.15, -0.1) is 0 Å². The summed E-state index contributed by atoms with van der Waals surface area (Å²) in [7, 11) is 0. The summed E-state index contributed by atoms with van der Waals surface area (Å²) in [5, 5.41) is 15.2. The molecule has 0 saturated heterocycles. The predicted molar refractivity (Wildman–Crippen MR) is 154 cm³/mol. The number of rotatable bonds is 6. The lowest BCUT2D eigenvalue weighted by atomic mass is 10.0. The van der Waals surface area contributed by atoms with E-state index in [1.165, 1.54) is 0 Å². The van der Waals surface area contributed by atoms with E-state index in [1.807, 2.05) is 109 Å². The second-order valence-electron chi connectivity index (χ2n) is 9.18. The van der Waals surface area contributed by atoms with Crippen molar-refractivity contribution < 1.29 is 4.79 Å². The van der Waals surface area contributed by atoms with Gasteiger partial charge in [0.25, 0.3) is 5.91 Å². The average molecular weight is 506 g/mol. The number of hydrogen-bond acceptors (Lipinski definition) is 4. The van der Waals surface area contributed by atoms with Crippen molar-refractivity contribution in [3.8, 4) is 17.3 Å². The molecule has 0 fully saturated rings. The Morgan fingerprint density at radius 1 is 0.897 bits per heavy atom. The minimum Gasteiger partial charge on any atom is -0.342 e. The van der Waals surface area contributed by atoms with Crippen LogP contribution in [0.2, 0.25) is 0 Å². The molecule has 39 heavy (non-hydrogen) atoms. The highest BCUT2D eigenvalue weighted by molar-refractivity contribution is 6.07. The number of carbonyl (C=O) groups is 1. The van der Waals surface area contributed by atoms with Gasteiger partial charge in [0.2, 0.25) is 0 Å². The highest BCUT2D eigenvalue weighted by atomic mass is 16.2. The molecule has 0 unspecified atom stereocenters. The third-order valence-electron chi connectivity index (χ3n) is 6.66. The van der Waals surface area contributed by atoms with Gasteiger partial charge in [0.15, 0.2) is 0 Å². The SMILES string of the molecule is N#Cc1ccc(Cn2cc(/C=N\NC(=O)c3cc(-c4ccccc4)nc4ccccc34)c3ccccc32)cc1. The summed E-state index contributed by atoms with van der Waals surface area (Å²) in [6.45, 7) is 0.650. The molecule has 1 N–H and O–H groups in total. The molecule has 186 valence electrons. The monoisotopic (exact) mass is 505 g/mol. The van der Waals surface area contributed by atoms with E-state index in [2.05, 4.69) is 27.2 Å². The lowest BCUT2D eigenvalue weighted by Gasteiger charge is -2.09. The van der Waals surface area contributed by atoms with Crippen LogP contribution in [0, 0.1) is 11.3 Å². The molecule has 0 atom stereocenters. The summed E-state index contributed by atoms with van der Waals surface area (Å²) in [6.07, 6.45) is 3.70. The van der Waals surface area contributed by atoms with E-state index < -0.39 is 0 Å². The molecule has 6 aromatic rings. The topological polar surface area (TPSA) is 83.1 Å². The molecular formula is C33H23N5O. The first-order valence-corrected chi connectivity index (χ1v) is 12.5. The Balaban J connectivity index is 1.28. The third-order valence-corrected chi connectivity index (χ3v) is 6.66. The van der Waals surface area contributed by atoms with Crippen LogP contribution in [0.3, 0.4) is 0 Å². The Labute approximate surface area is 225 Å². The van der Waals surface area contributed by atoms with Crippen molar-refractivity contribution in [3.05, 3.63) is 138 Å². The minimum absolute atomic E-state index is 0.302. The second kappa shape index (κ2) is 10.4. The van der Waals surface area contributed by atoms with E-state index in [0.717, 1.165) is 44.2 Å². The summed E-state index contributed by atoms with van der Waals surface area (Å²) >= 11 is 0. The molecular weight excluding hydrogens is 482 g/mol. The van der Waals surface area contributed by atoms with Gasteiger partial charge in [-0.25, -0.2) is 10.4 Å². The zero-order valence-electron chi connectivity index (χ0n) is 21.0. The molecule has 0 aliphatic heterocycles. The number of nitrogens with one attached hydrogen (secondary N) is 1. The Kier molecular flexibility index (Phi) is 6.38. The maximum absolute atomic E-state index is 13.3. The van der Waals surface area contributed by atoms with Gasteiger partial charge in [0, 0.05) is 40.2 Å². The van der Waals surface area contributed by atoms with E-state index in [4.69, 9.17) is 10.2 Å². The molecule has 2 heterocycles. The largest absolute Gasteiger partial charge is 0.342 e. The number of para-hydroxylation sites is 2. The molecule has 0 saturated carbocycles. The predicted octanol–water partition coefficient (Wildman–Crippen LogP) is 6.54. The minimum atomic E-state index is -0.302. The van der Waals surface area contributed by atoms with Gasteiger partial charge in [-0.2, -0.15) is 10.4 Å². The second-order valence-corrected chi connectivity index (χ2v) is 9.18. The first-order chi connectivity index (χ1) is 19.2. The third kappa shape index (κ3) is 4.89. The van der Waals surface area contributed by atoms with Crippen molar-refractivity contribution in [2.75, 3.05) is 0 Å². The number of pyridine rings is 1. The fourth-order valence-electron chi connectivity index (χ4n) is 4.73. The average Bonchev–Trinajstić information content (AvgIpc) is 3.34. The van der Waals surface area contributed by atoms with Crippen LogP contribution >= 0.6 is 0 Å². The van der Waals surface area contributed by atoms with Crippen LogP contribution in [-0.2, 0) is 6.54 Å². The van der Waals surface area contributed by atoms with E-state index in [9.17, 15) is 4.79 Å². The molecule has 0 bridgehead atoms. The van der Waals surface area contributed by atoms with Crippen molar-refractivity contribution in [2.45, 2.75) is 6.54 Å². The van der Waals surface area contributed by atoms with Gasteiger partial charge in [0.1, 0.15) is 0 Å². The Morgan fingerprint density at radius 2 is 1.62 bits per heavy atom. The summed E-state index contributed by atoms with van der Waals surface area (Å²) in [5.41, 5.74) is 9.33. The first kappa shape index (κ1) is 23.8. The van der Waals surface area contributed by atoms with Crippen LogP contribution in [0.1, 0.15) is 27.0 Å². The number of hydrogen-bond donors (Lipinski definition) is 1. The highest BCUT2D eigenvalue weighted by Crippen LogP contribution is 2.25. The number of hydrazone groups is 1. The summed E-state index contributed by atoms with van der Waals surface area (Å²) in [5.74, 6) is -0.302. The van der Waals surface area contributed by atoms with Gasteiger partial charge in [0.05, 0.1) is 34.6 Å². The Morgan fingerprint density at radius 3 is 2.41 bits per heavy atom. The number of carbonyl (C=O) groups excluding carboxylic acids is 1. The molecule has 2 aromatic heterocycles. The van der Waals surface area contributed by atoms with Crippen LogP contribution in [0.5, 0.6) is 0 Å². The number of fused-ring (bicyclic) bond motifs is 2. The first-order valence-electron chi connectivity index (χ1n) is 12.5. The fourth-order valence-corrected chi connectivity index (χ4v) is 4.73. The molecule has 1 amide bonds. The number of benzene rings is 4. The van der Waals surface area contributed by atoms with Gasteiger partial charge in [-0.05, 0) is 35.9 Å². The Hall–Kier alpha value is -5.54. The lowest BCUT2D eigenvalue weighted by Crippen LogP contribution is -2.18. The molecule has 0 aliphatic rings. The van der Waals surface area contributed by atoms with Gasteiger partial charge in [-0.1, -0.05) is 78.9 Å². The van der Waals surface area contributed by atoms with E-state index in [0.29, 0.717) is 17.7 Å².